The van der Waals surface area contributed by atoms with E-state index in [1.807, 2.05) is 18.2 Å². The average molecular weight is 231 g/mol. The normalized spacial score (nSPS) is 11.0. The van der Waals surface area contributed by atoms with Crippen LogP contribution < -0.4 is 11.5 Å². The molecule has 0 atom stereocenters. The summed E-state index contributed by atoms with van der Waals surface area (Å²) in [7, 11) is 0. The summed E-state index contributed by atoms with van der Waals surface area (Å²) in [6.07, 6.45) is 2.30. The number of hydrogen-bond donors (Lipinski definition) is 2. The zero-order valence-corrected chi connectivity index (χ0v) is 10.1. The molecule has 0 aromatic carbocycles. The standard InChI is InChI=1S/C13H17N3O/c1-8(2)11-4-3-10(17-11)7-9-5-6-16-13(15)12(9)14/h3-6,8H,7,14H2,1-2H3,(H2,15,16). The Hall–Kier alpha value is -1.97. The van der Waals surface area contributed by atoms with E-state index >= 15 is 0 Å². The molecule has 90 valence electrons. The molecule has 0 aliphatic carbocycles. The van der Waals surface area contributed by atoms with Gasteiger partial charge in [0, 0.05) is 18.5 Å². The van der Waals surface area contributed by atoms with Crippen LogP contribution in [0, 0.1) is 0 Å². The molecule has 4 nitrogen and oxygen atoms in total. The Morgan fingerprint density at radius 1 is 1.24 bits per heavy atom. The molecule has 0 saturated heterocycles. The van der Waals surface area contributed by atoms with Crippen molar-refractivity contribution < 1.29 is 4.42 Å². The van der Waals surface area contributed by atoms with E-state index in [1.165, 1.54) is 0 Å². The Labute approximate surface area is 101 Å². The van der Waals surface area contributed by atoms with Gasteiger partial charge in [-0.3, -0.25) is 0 Å². The van der Waals surface area contributed by atoms with E-state index in [-0.39, 0.29) is 0 Å². The van der Waals surface area contributed by atoms with Crippen LogP contribution in [-0.4, -0.2) is 4.98 Å². The van der Waals surface area contributed by atoms with Gasteiger partial charge in [0.1, 0.15) is 17.3 Å². The van der Waals surface area contributed by atoms with Crippen LogP contribution in [0.5, 0.6) is 0 Å². The Morgan fingerprint density at radius 3 is 2.65 bits per heavy atom. The van der Waals surface area contributed by atoms with Crippen LogP contribution in [0.4, 0.5) is 11.5 Å². The Balaban J connectivity index is 2.22. The maximum absolute atomic E-state index is 5.87. The van der Waals surface area contributed by atoms with Crippen molar-refractivity contribution in [2.45, 2.75) is 26.2 Å². The number of rotatable bonds is 3. The topological polar surface area (TPSA) is 78.1 Å². The summed E-state index contributed by atoms with van der Waals surface area (Å²) in [5.74, 6) is 2.65. The summed E-state index contributed by atoms with van der Waals surface area (Å²) in [6.45, 7) is 4.20. The van der Waals surface area contributed by atoms with Gasteiger partial charge >= 0.3 is 0 Å². The average Bonchev–Trinajstić information content (AvgIpc) is 2.73. The highest BCUT2D eigenvalue weighted by Crippen LogP contribution is 2.23. The fourth-order valence-corrected chi connectivity index (χ4v) is 1.67. The van der Waals surface area contributed by atoms with Crippen molar-refractivity contribution in [2.75, 3.05) is 11.5 Å². The maximum Gasteiger partial charge on any atom is 0.146 e. The van der Waals surface area contributed by atoms with Crippen LogP contribution in [0.25, 0.3) is 0 Å². The van der Waals surface area contributed by atoms with E-state index in [1.54, 1.807) is 6.20 Å². The Bertz CT molecular complexity index is 517. The molecule has 0 amide bonds. The molecule has 0 aliphatic heterocycles. The number of aromatic nitrogens is 1. The van der Waals surface area contributed by atoms with E-state index in [0.29, 0.717) is 23.8 Å². The summed E-state index contributed by atoms with van der Waals surface area (Å²) in [5, 5.41) is 0. The fourth-order valence-electron chi connectivity index (χ4n) is 1.67. The van der Waals surface area contributed by atoms with E-state index in [0.717, 1.165) is 17.1 Å². The first kappa shape index (κ1) is 11.5. The van der Waals surface area contributed by atoms with Gasteiger partial charge in [0.2, 0.25) is 0 Å². The van der Waals surface area contributed by atoms with Crippen molar-refractivity contribution in [1.82, 2.24) is 4.98 Å². The SMILES string of the molecule is CC(C)c1ccc(Cc2ccnc(N)c2N)o1. The lowest BCUT2D eigenvalue weighted by molar-refractivity contribution is 0.455. The van der Waals surface area contributed by atoms with Gasteiger partial charge in [-0.05, 0) is 23.8 Å². The molecular formula is C13H17N3O. The molecule has 0 aliphatic rings. The lowest BCUT2D eigenvalue weighted by Gasteiger charge is -2.05. The quantitative estimate of drug-likeness (QED) is 0.850. The monoisotopic (exact) mass is 231 g/mol. The first-order valence-electron chi connectivity index (χ1n) is 5.65. The van der Waals surface area contributed by atoms with Gasteiger partial charge in [-0.1, -0.05) is 13.8 Å². The molecule has 0 bridgehead atoms. The molecule has 0 radical (unpaired) electrons. The molecule has 2 aromatic heterocycles. The van der Waals surface area contributed by atoms with E-state index < -0.39 is 0 Å². The molecule has 2 aromatic rings. The van der Waals surface area contributed by atoms with E-state index in [4.69, 9.17) is 15.9 Å². The van der Waals surface area contributed by atoms with Crippen LogP contribution in [0.15, 0.2) is 28.8 Å². The van der Waals surface area contributed by atoms with E-state index in [9.17, 15) is 0 Å². The summed E-state index contributed by atoms with van der Waals surface area (Å²) in [6, 6.07) is 5.84. The summed E-state index contributed by atoms with van der Waals surface area (Å²) >= 11 is 0. The highest BCUT2D eigenvalue weighted by molar-refractivity contribution is 5.63. The number of hydrogen-bond acceptors (Lipinski definition) is 4. The smallest absolute Gasteiger partial charge is 0.146 e. The highest BCUT2D eigenvalue weighted by Gasteiger charge is 2.09. The minimum atomic E-state index is 0.373. The minimum Gasteiger partial charge on any atom is -0.465 e. The predicted molar refractivity (Wildman–Crippen MR) is 68.7 cm³/mol. The zero-order chi connectivity index (χ0) is 12.4. The molecule has 17 heavy (non-hydrogen) atoms. The molecule has 2 heterocycles. The second-order valence-electron chi connectivity index (χ2n) is 4.40. The van der Waals surface area contributed by atoms with Crippen molar-refractivity contribution in [3.05, 3.63) is 41.5 Å². The van der Waals surface area contributed by atoms with Gasteiger partial charge < -0.3 is 15.9 Å². The zero-order valence-electron chi connectivity index (χ0n) is 10.1. The molecule has 0 unspecified atom stereocenters. The van der Waals surface area contributed by atoms with Gasteiger partial charge in [0.15, 0.2) is 0 Å². The van der Waals surface area contributed by atoms with Crippen LogP contribution in [-0.2, 0) is 6.42 Å². The summed E-state index contributed by atoms with van der Waals surface area (Å²) in [4.78, 5) is 3.94. The fraction of sp³-hybridized carbons (Fsp3) is 0.308. The first-order valence-corrected chi connectivity index (χ1v) is 5.65. The van der Waals surface area contributed by atoms with Crippen LogP contribution >= 0.6 is 0 Å². The number of nitrogen functional groups attached to an aromatic ring is 2. The molecule has 4 N–H and O–H groups in total. The van der Waals surface area contributed by atoms with Gasteiger partial charge in [0.05, 0.1) is 5.69 Å². The molecular weight excluding hydrogens is 214 g/mol. The Kier molecular flexibility index (Phi) is 3.04. The summed E-state index contributed by atoms with van der Waals surface area (Å²) in [5.41, 5.74) is 13.0. The molecule has 2 rings (SSSR count). The number of pyridine rings is 1. The number of nitrogens with zero attached hydrogens (tertiary/aromatic N) is 1. The second kappa shape index (κ2) is 4.49. The van der Waals surface area contributed by atoms with Crippen LogP contribution in [0.3, 0.4) is 0 Å². The number of anilines is 2. The maximum atomic E-state index is 5.87. The lowest BCUT2D eigenvalue weighted by Crippen LogP contribution is -2.02. The van der Waals surface area contributed by atoms with Crippen molar-refractivity contribution in [3.63, 3.8) is 0 Å². The van der Waals surface area contributed by atoms with Crippen molar-refractivity contribution in [1.29, 1.82) is 0 Å². The first-order chi connectivity index (χ1) is 8.08. The van der Waals surface area contributed by atoms with Crippen molar-refractivity contribution in [2.24, 2.45) is 0 Å². The third-order valence-electron chi connectivity index (χ3n) is 2.73. The summed E-state index contributed by atoms with van der Waals surface area (Å²) < 4.78 is 5.73. The third kappa shape index (κ3) is 2.41. The lowest BCUT2D eigenvalue weighted by atomic mass is 10.1. The molecule has 0 fully saturated rings. The van der Waals surface area contributed by atoms with Crippen molar-refractivity contribution >= 4 is 11.5 Å². The Morgan fingerprint density at radius 2 is 2.00 bits per heavy atom. The predicted octanol–water partition coefficient (Wildman–Crippen LogP) is 2.55. The van der Waals surface area contributed by atoms with Gasteiger partial charge in [-0.2, -0.15) is 0 Å². The number of nitrogens with two attached hydrogens (primary N) is 2. The molecule has 0 saturated carbocycles. The second-order valence-corrected chi connectivity index (χ2v) is 4.40. The molecule has 4 heteroatoms. The minimum absolute atomic E-state index is 0.373. The van der Waals surface area contributed by atoms with Crippen LogP contribution in [0.2, 0.25) is 0 Å². The number of furan rings is 1. The molecule has 0 spiro atoms. The van der Waals surface area contributed by atoms with Gasteiger partial charge in [0.25, 0.3) is 0 Å². The van der Waals surface area contributed by atoms with Gasteiger partial charge in [-0.15, -0.1) is 0 Å². The van der Waals surface area contributed by atoms with Crippen molar-refractivity contribution in [3.8, 4) is 0 Å². The van der Waals surface area contributed by atoms with Gasteiger partial charge in [-0.25, -0.2) is 4.98 Å². The van der Waals surface area contributed by atoms with E-state index in [2.05, 4.69) is 18.8 Å². The largest absolute Gasteiger partial charge is 0.465 e. The highest BCUT2D eigenvalue weighted by atomic mass is 16.3. The van der Waals surface area contributed by atoms with Crippen LogP contribution in [0.1, 0.15) is 36.8 Å². The third-order valence-corrected chi connectivity index (χ3v) is 2.73.